The molecule has 0 bridgehead atoms. The normalized spacial score (nSPS) is 10.9. The highest BCUT2D eigenvalue weighted by Gasteiger charge is 2.19. The van der Waals surface area contributed by atoms with Crippen LogP contribution in [0.15, 0.2) is 43.1 Å². The van der Waals surface area contributed by atoms with Crippen LogP contribution in [-0.2, 0) is 0 Å². The van der Waals surface area contributed by atoms with Crippen molar-refractivity contribution in [3.05, 3.63) is 43.1 Å². The first kappa shape index (κ1) is 14.3. The molecule has 0 saturated heterocycles. The maximum absolute atomic E-state index is 6.04. The Balaban J connectivity index is 2.23. The molecule has 0 radical (unpaired) electrons. The van der Waals surface area contributed by atoms with Gasteiger partial charge < -0.3 is 5.73 Å². The Labute approximate surface area is 145 Å². The molecule has 0 spiro atoms. The van der Waals surface area contributed by atoms with E-state index in [0.29, 0.717) is 5.82 Å². The molecule has 7 heteroatoms. The minimum Gasteiger partial charge on any atom is -0.382 e. The summed E-state index contributed by atoms with van der Waals surface area (Å²) in [6.45, 7) is 0. The van der Waals surface area contributed by atoms with E-state index >= 15 is 0 Å². The van der Waals surface area contributed by atoms with Crippen molar-refractivity contribution in [1.29, 1.82) is 0 Å². The molecule has 0 aliphatic rings. The first-order valence-corrected chi connectivity index (χ1v) is 8.81. The van der Waals surface area contributed by atoms with Gasteiger partial charge in [0.1, 0.15) is 0 Å². The summed E-state index contributed by atoms with van der Waals surface area (Å²) < 4.78 is 3.05. The molecule has 0 unspecified atom stereocenters. The topological polar surface area (TPSA) is 54.7 Å². The number of halogens is 3. The zero-order valence-corrected chi connectivity index (χ0v) is 15.5. The number of nitrogens with one attached hydrogen (secondary N) is 1. The fourth-order valence-electron chi connectivity index (χ4n) is 1.94. The molecule has 3 nitrogen and oxygen atoms in total. The predicted molar refractivity (Wildman–Crippen MR) is 94.8 cm³/mol. The lowest BCUT2D eigenvalue weighted by atomic mass is 10.0. The molecule has 3 rings (SSSR count). The summed E-state index contributed by atoms with van der Waals surface area (Å²) in [6, 6.07) is 10.0. The summed E-state index contributed by atoms with van der Waals surface area (Å²) >= 11 is 12.2. The van der Waals surface area contributed by atoms with Crippen molar-refractivity contribution in [1.82, 2.24) is 10.2 Å². The predicted octanol–water partition coefficient (Wildman–Crippen LogP) is 5.67. The second-order valence-corrected chi connectivity index (χ2v) is 8.15. The van der Waals surface area contributed by atoms with Crippen LogP contribution in [0, 0.1) is 0 Å². The van der Waals surface area contributed by atoms with Gasteiger partial charge in [0.05, 0.1) is 19.9 Å². The smallest absolute Gasteiger partial charge is 0.153 e. The van der Waals surface area contributed by atoms with Gasteiger partial charge in [0.2, 0.25) is 0 Å². The Kier molecular flexibility index (Phi) is 4.03. The SMILES string of the molecule is Nc1n[nH]c(-c2cc(Br)c(Br)s2)c1-c1ccccc1Br. The first-order chi connectivity index (χ1) is 9.58. The van der Waals surface area contributed by atoms with Crippen LogP contribution in [0.5, 0.6) is 0 Å². The van der Waals surface area contributed by atoms with Gasteiger partial charge in [-0.3, -0.25) is 5.10 Å². The Hall–Kier alpha value is -0.630. The van der Waals surface area contributed by atoms with Crippen molar-refractivity contribution in [3.63, 3.8) is 0 Å². The monoisotopic (exact) mass is 475 g/mol. The number of aromatic amines is 1. The number of nitrogen functional groups attached to an aromatic ring is 1. The number of anilines is 1. The molecule has 3 aromatic rings. The molecular formula is C13H8Br3N3S. The Morgan fingerprint density at radius 3 is 2.50 bits per heavy atom. The number of thiophene rings is 1. The van der Waals surface area contributed by atoms with E-state index in [0.717, 1.165) is 34.4 Å². The molecule has 2 aromatic heterocycles. The lowest BCUT2D eigenvalue weighted by Gasteiger charge is -2.05. The number of nitrogens with zero attached hydrogens (tertiary/aromatic N) is 1. The van der Waals surface area contributed by atoms with E-state index in [1.54, 1.807) is 11.3 Å². The van der Waals surface area contributed by atoms with Crippen LogP contribution in [0.1, 0.15) is 0 Å². The van der Waals surface area contributed by atoms with Crippen LogP contribution in [0.2, 0.25) is 0 Å². The van der Waals surface area contributed by atoms with Gasteiger partial charge in [-0.1, -0.05) is 34.1 Å². The molecule has 3 N–H and O–H groups in total. The minimum atomic E-state index is 0.493. The van der Waals surface area contributed by atoms with Gasteiger partial charge in [0.25, 0.3) is 0 Å². The number of hydrogen-bond donors (Lipinski definition) is 2. The number of hydrogen-bond acceptors (Lipinski definition) is 3. The van der Waals surface area contributed by atoms with Crippen molar-refractivity contribution in [2.75, 3.05) is 5.73 Å². The second-order valence-electron chi connectivity index (χ2n) is 4.07. The van der Waals surface area contributed by atoms with Gasteiger partial charge in [-0.05, 0) is 44.0 Å². The standard InChI is InChI=1S/C13H8Br3N3S/c14-7-4-2-1-3-6(7)10-11(18-19-13(10)17)9-5-8(15)12(16)20-9/h1-5H,(H3,17,18,19). The third kappa shape index (κ3) is 2.47. The summed E-state index contributed by atoms with van der Waals surface area (Å²) in [6.07, 6.45) is 0. The van der Waals surface area contributed by atoms with Crippen LogP contribution < -0.4 is 5.73 Å². The van der Waals surface area contributed by atoms with Crippen LogP contribution in [0.4, 0.5) is 5.82 Å². The highest BCUT2D eigenvalue weighted by atomic mass is 79.9. The fraction of sp³-hybridized carbons (Fsp3) is 0. The molecule has 20 heavy (non-hydrogen) atoms. The van der Waals surface area contributed by atoms with Crippen molar-refractivity contribution in [3.8, 4) is 21.7 Å². The summed E-state index contributed by atoms with van der Waals surface area (Å²) in [4.78, 5) is 1.07. The van der Waals surface area contributed by atoms with Crippen molar-refractivity contribution < 1.29 is 0 Å². The van der Waals surface area contributed by atoms with Crippen LogP contribution in [-0.4, -0.2) is 10.2 Å². The van der Waals surface area contributed by atoms with E-state index in [9.17, 15) is 0 Å². The van der Waals surface area contributed by atoms with E-state index in [-0.39, 0.29) is 0 Å². The van der Waals surface area contributed by atoms with Gasteiger partial charge in [-0.15, -0.1) is 11.3 Å². The number of rotatable bonds is 2. The van der Waals surface area contributed by atoms with E-state index in [2.05, 4.69) is 58.0 Å². The number of H-pyrrole nitrogens is 1. The zero-order chi connectivity index (χ0) is 14.3. The van der Waals surface area contributed by atoms with Crippen molar-refractivity contribution in [2.24, 2.45) is 0 Å². The van der Waals surface area contributed by atoms with Gasteiger partial charge in [0.15, 0.2) is 5.82 Å². The molecule has 0 fully saturated rings. The van der Waals surface area contributed by atoms with E-state index in [4.69, 9.17) is 5.73 Å². The number of benzene rings is 1. The van der Waals surface area contributed by atoms with Gasteiger partial charge >= 0.3 is 0 Å². The van der Waals surface area contributed by atoms with Gasteiger partial charge in [-0.2, -0.15) is 5.10 Å². The highest BCUT2D eigenvalue weighted by molar-refractivity contribution is 9.13. The first-order valence-electron chi connectivity index (χ1n) is 5.62. The van der Waals surface area contributed by atoms with E-state index < -0.39 is 0 Å². The summed E-state index contributed by atoms with van der Waals surface area (Å²) in [5, 5.41) is 7.19. The average Bonchev–Trinajstić information content (AvgIpc) is 2.94. The van der Waals surface area contributed by atoms with E-state index in [1.807, 2.05) is 30.3 Å². The van der Waals surface area contributed by atoms with Crippen molar-refractivity contribution in [2.45, 2.75) is 0 Å². The molecule has 2 heterocycles. The molecule has 0 aliphatic carbocycles. The summed E-state index contributed by atoms with van der Waals surface area (Å²) in [5.41, 5.74) is 8.90. The molecule has 102 valence electrons. The molecule has 0 atom stereocenters. The number of aromatic nitrogens is 2. The molecule has 0 amide bonds. The average molecular weight is 478 g/mol. The summed E-state index contributed by atoms with van der Waals surface area (Å²) in [5.74, 6) is 0.493. The lowest BCUT2D eigenvalue weighted by molar-refractivity contribution is 1.11. The van der Waals surface area contributed by atoms with Crippen molar-refractivity contribution >= 4 is 64.9 Å². The Bertz CT molecular complexity index is 760. The van der Waals surface area contributed by atoms with Crippen LogP contribution in [0.3, 0.4) is 0 Å². The third-order valence-corrected chi connectivity index (χ3v) is 6.79. The second kappa shape index (κ2) is 5.63. The maximum atomic E-state index is 6.04. The van der Waals surface area contributed by atoms with Gasteiger partial charge in [0, 0.05) is 14.5 Å². The van der Waals surface area contributed by atoms with Crippen LogP contribution in [0.25, 0.3) is 21.7 Å². The van der Waals surface area contributed by atoms with Crippen LogP contribution >= 0.6 is 59.1 Å². The third-order valence-electron chi connectivity index (χ3n) is 2.83. The molecular weight excluding hydrogens is 470 g/mol. The minimum absolute atomic E-state index is 0.493. The quantitative estimate of drug-likeness (QED) is 0.499. The maximum Gasteiger partial charge on any atom is 0.153 e. The highest BCUT2D eigenvalue weighted by Crippen LogP contribution is 2.43. The Morgan fingerprint density at radius 1 is 1.10 bits per heavy atom. The molecule has 0 aliphatic heterocycles. The van der Waals surface area contributed by atoms with Gasteiger partial charge in [-0.25, -0.2) is 0 Å². The largest absolute Gasteiger partial charge is 0.382 e. The Morgan fingerprint density at radius 2 is 1.85 bits per heavy atom. The molecule has 0 saturated carbocycles. The molecule has 1 aromatic carbocycles. The number of nitrogens with two attached hydrogens (primary N) is 1. The zero-order valence-electron chi connectivity index (χ0n) is 9.95. The summed E-state index contributed by atoms with van der Waals surface area (Å²) in [7, 11) is 0. The lowest BCUT2D eigenvalue weighted by Crippen LogP contribution is -1.89. The fourth-order valence-corrected chi connectivity index (χ4v) is 4.46. The van der Waals surface area contributed by atoms with E-state index in [1.165, 1.54) is 0 Å².